The van der Waals surface area contributed by atoms with Crippen LogP contribution in [0.15, 0.2) is 49.2 Å². The van der Waals surface area contributed by atoms with E-state index in [1.807, 2.05) is 13.0 Å². The molecule has 0 radical (unpaired) electrons. The van der Waals surface area contributed by atoms with Crippen LogP contribution in [-0.4, -0.2) is 34.1 Å². The predicted octanol–water partition coefficient (Wildman–Crippen LogP) is 4.28. The first-order valence-electron chi connectivity index (χ1n) is 8.80. The number of hydrogen-bond donors (Lipinski definition) is 0. The molecule has 1 unspecified atom stereocenters. The summed E-state index contributed by atoms with van der Waals surface area (Å²) >= 11 is 0. The second kappa shape index (κ2) is 8.53. The van der Waals surface area contributed by atoms with Crippen molar-refractivity contribution in [2.45, 2.75) is 32.4 Å². The monoisotopic (exact) mass is 391 g/mol. The van der Waals surface area contributed by atoms with E-state index in [2.05, 4.69) is 11.6 Å². The molecule has 1 aromatic heterocycles. The Morgan fingerprint density at radius 3 is 2.86 bits per heavy atom. The minimum absolute atomic E-state index is 0.0653. The SMILES string of the molecule is C=CC(=O)N1Cc2cnc(-c3cccc(F)c3)cc2C(C)CCN(C(F)F)O1. The Morgan fingerprint density at radius 2 is 2.18 bits per heavy atom. The molecule has 0 N–H and O–H groups in total. The van der Waals surface area contributed by atoms with Crippen molar-refractivity contribution in [3.05, 3.63) is 66.1 Å². The lowest BCUT2D eigenvalue weighted by Gasteiger charge is -2.26. The number of pyridine rings is 1. The molecule has 1 aliphatic heterocycles. The first-order chi connectivity index (χ1) is 13.4. The van der Waals surface area contributed by atoms with E-state index in [1.165, 1.54) is 12.1 Å². The summed E-state index contributed by atoms with van der Waals surface area (Å²) in [7, 11) is 0. The molecule has 0 aliphatic carbocycles. The van der Waals surface area contributed by atoms with Crippen LogP contribution in [0.5, 0.6) is 0 Å². The number of carbonyl (C=O) groups is 1. The van der Waals surface area contributed by atoms with Crippen LogP contribution in [0.25, 0.3) is 11.3 Å². The van der Waals surface area contributed by atoms with Crippen molar-refractivity contribution < 1.29 is 22.9 Å². The Kier molecular flexibility index (Phi) is 6.11. The highest BCUT2D eigenvalue weighted by atomic mass is 19.3. The van der Waals surface area contributed by atoms with Gasteiger partial charge in [0.25, 0.3) is 5.91 Å². The zero-order valence-electron chi connectivity index (χ0n) is 15.3. The summed E-state index contributed by atoms with van der Waals surface area (Å²) in [5, 5.41) is 1.31. The van der Waals surface area contributed by atoms with Gasteiger partial charge in [0.15, 0.2) is 0 Å². The van der Waals surface area contributed by atoms with Crippen LogP contribution >= 0.6 is 0 Å². The van der Waals surface area contributed by atoms with Crippen molar-refractivity contribution in [3.63, 3.8) is 0 Å². The number of nitrogens with zero attached hydrogens (tertiary/aromatic N) is 3. The van der Waals surface area contributed by atoms with Gasteiger partial charge in [-0.3, -0.25) is 9.78 Å². The Bertz CT molecular complexity index is 876. The van der Waals surface area contributed by atoms with E-state index in [0.717, 1.165) is 16.7 Å². The molecule has 3 rings (SSSR count). The third-order valence-corrected chi connectivity index (χ3v) is 4.61. The number of alkyl halides is 2. The van der Waals surface area contributed by atoms with Gasteiger partial charge in [-0.05, 0) is 47.7 Å². The average molecular weight is 391 g/mol. The van der Waals surface area contributed by atoms with Crippen molar-refractivity contribution in [2.75, 3.05) is 6.54 Å². The molecule has 0 saturated heterocycles. The molecule has 5 nitrogen and oxygen atoms in total. The second-order valence-corrected chi connectivity index (χ2v) is 6.55. The lowest BCUT2D eigenvalue weighted by Crippen LogP contribution is -2.40. The lowest BCUT2D eigenvalue weighted by atomic mass is 9.92. The van der Waals surface area contributed by atoms with Crippen molar-refractivity contribution >= 4 is 5.91 Å². The summed E-state index contributed by atoms with van der Waals surface area (Å²) in [4.78, 5) is 21.6. The molecule has 148 valence electrons. The number of rotatable bonds is 3. The number of carbonyl (C=O) groups excluding carboxylic acids is 1. The van der Waals surface area contributed by atoms with Crippen LogP contribution in [0.1, 0.15) is 30.4 Å². The van der Waals surface area contributed by atoms with E-state index < -0.39 is 12.5 Å². The van der Waals surface area contributed by atoms with E-state index in [-0.39, 0.29) is 24.8 Å². The summed E-state index contributed by atoms with van der Waals surface area (Å²) in [5.41, 5.74) is 2.69. The molecule has 0 bridgehead atoms. The van der Waals surface area contributed by atoms with Gasteiger partial charge in [0.1, 0.15) is 5.82 Å². The Balaban J connectivity index is 2.01. The quantitative estimate of drug-likeness (QED) is 0.579. The molecular formula is C20H20F3N3O2. The first-order valence-corrected chi connectivity index (χ1v) is 8.80. The van der Waals surface area contributed by atoms with E-state index >= 15 is 0 Å². The van der Waals surface area contributed by atoms with Gasteiger partial charge >= 0.3 is 6.55 Å². The third-order valence-electron chi connectivity index (χ3n) is 4.61. The van der Waals surface area contributed by atoms with E-state index in [1.54, 1.807) is 18.3 Å². The summed E-state index contributed by atoms with van der Waals surface area (Å²) in [6.45, 7) is 2.28. The topological polar surface area (TPSA) is 45.7 Å². The van der Waals surface area contributed by atoms with E-state index in [0.29, 0.717) is 28.3 Å². The molecule has 0 spiro atoms. The third kappa shape index (κ3) is 4.40. The van der Waals surface area contributed by atoms with Gasteiger partial charge < -0.3 is 0 Å². The van der Waals surface area contributed by atoms with Gasteiger partial charge in [-0.15, -0.1) is 5.06 Å². The predicted molar refractivity (Wildman–Crippen MR) is 97.2 cm³/mol. The van der Waals surface area contributed by atoms with Gasteiger partial charge in [-0.25, -0.2) is 4.39 Å². The van der Waals surface area contributed by atoms with Gasteiger partial charge in [-0.2, -0.15) is 18.8 Å². The molecule has 0 saturated carbocycles. The van der Waals surface area contributed by atoms with Crippen molar-refractivity contribution in [1.29, 1.82) is 0 Å². The highest BCUT2D eigenvalue weighted by Gasteiger charge is 2.28. The van der Waals surface area contributed by atoms with Gasteiger partial charge in [0.2, 0.25) is 0 Å². The van der Waals surface area contributed by atoms with Gasteiger partial charge in [0, 0.05) is 18.3 Å². The number of fused-ring (bicyclic) bond motifs is 1. The van der Waals surface area contributed by atoms with E-state index in [9.17, 15) is 18.0 Å². The first kappa shape index (κ1) is 20.0. The maximum atomic E-state index is 13.6. The zero-order chi connectivity index (χ0) is 20.3. The summed E-state index contributed by atoms with van der Waals surface area (Å²) in [5.74, 6) is -1.12. The minimum Gasteiger partial charge on any atom is -0.267 e. The smallest absolute Gasteiger partial charge is 0.267 e. The van der Waals surface area contributed by atoms with Crippen molar-refractivity contribution in [2.24, 2.45) is 0 Å². The molecule has 0 fully saturated rings. The molecule has 1 aliphatic rings. The number of benzene rings is 1. The normalized spacial score (nSPS) is 18.2. The average Bonchev–Trinajstić information content (AvgIpc) is 2.75. The standard InChI is InChI=1S/C20H20F3N3O2/c1-3-19(27)26-12-15-11-24-18(14-5-4-6-16(21)9-14)10-17(15)13(2)7-8-25(28-26)20(22)23/h3-6,9-11,13,20H,1,7-8,12H2,2H3. The van der Waals surface area contributed by atoms with Crippen LogP contribution in [0.2, 0.25) is 0 Å². The number of aromatic nitrogens is 1. The maximum Gasteiger partial charge on any atom is 0.317 e. The fourth-order valence-electron chi connectivity index (χ4n) is 3.08. The van der Waals surface area contributed by atoms with Gasteiger partial charge in [-0.1, -0.05) is 25.6 Å². The maximum absolute atomic E-state index is 13.6. The van der Waals surface area contributed by atoms with Crippen molar-refractivity contribution in [1.82, 2.24) is 15.1 Å². The molecule has 28 heavy (non-hydrogen) atoms. The Morgan fingerprint density at radius 1 is 1.39 bits per heavy atom. The fourth-order valence-corrected chi connectivity index (χ4v) is 3.08. The van der Waals surface area contributed by atoms with Crippen molar-refractivity contribution in [3.8, 4) is 11.3 Å². The Hall–Kier alpha value is -2.71. The molecule has 1 atom stereocenters. The number of hydrogen-bond acceptors (Lipinski definition) is 4. The van der Waals surface area contributed by atoms with Crippen LogP contribution in [-0.2, 0) is 16.3 Å². The number of halogens is 3. The Labute approximate surface area is 160 Å². The zero-order valence-corrected chi connectivity index (χ0v) is 15.3. The molecule has 8 heteroatoms. The summed E-state index contributed by atoms with van der Waals surface area (Å²) in [6, 6.07) is 7.87. The summed E-state index contributed by atoms with van der Waals surface area (Å²) < 4.78 is 40.1. The number of amides is 1. The van der Waals surface area contributed by atoms with Crippen LogP contribution in [0.3, 0.4) is 0 Å². The minimum atomic E-state index is -2.88. The highest BCUT2D eigenvalue weighted by molar-refractivity contribution is 5.86. The molecule has 2 aromatic rings. The molecular weight excluding hydrogens is 371 g/mol. The van der Waals surface area contributed by atoms with E-state index in [4.69, 9.17) is 4.94 Å². The second-order valence-electron chi connectivity index (χ2n) is 6.55. The lowest BCUT2D eigenvalue weighted by molar-refractivity contribution is -0.360. The molecule has 1 aromatic carbocycles. The fraction of sp³-hybridized carbons (Fsp3) is 0.300. The van der Waals surface area contributed by atoms with Gasteiger partial charge in [0.05, 0.1) is 12.2 Å². The van der Waals surface area contributed by atoms with Crippen LogP contribution < -0.4 is 0 Å². The number of hydroxylamine groups is 4. The molecule has 2 heterocycles. The summed E-state index contributed by atoms with van der Waals surface area (Å²) in [6.07, 6.45) is 2.94. The molecule has 1 amide bonds. The van der Waals surface area contributed by atoms with Crippen LogP contribution in [0, 0.1) is 5.82 Å². The largest absolute Gasteiger partial charge is 0.317 e. The van der Waals surface area contributed by atoms with Crippen LogP contribution in [0.4, 0.5) is 13.2 Å². The highest BCUT2D eigenvalue weighted by Crippen LogP contribution is 2.30.